The van der Waals surface area contributed by atoms with E-state index in [9.17, 15) is 19.5 Å². The fourth-order valence-electron chi connectivity index (χ4n) is 3.88. The molecule has 0 radical (unpaired) electrons. The third-order valence-corrected chi connectivity index (χ3v) is 6.76. The quantitative estimate of drug-likeness (QED) is 0.243. The maximum Gasteiger partial charge on any atom is 0.350 e. The average molecular weight is 517 g/mol. The number of thiazole rings is 1. The van der Waals surface area contributed by atoms with E-state index in [1.807, 2.05) is 30.3 Å². The summed E-state index contributed by atoms with van der Waals surface area (Å²) in [5, 5.41) is 11.0. The molecule has 0 saturated carbocycles. The number of aliphatic hydroxyl groups excluding tert-OH is 1. The molecule has 1 aliphatic heterocycles. The topological polar surface area (TPSA) is 106 Å². The third kappa shape index (κ3) is 5.22. The van der Waals surface area contributed by atoms with Crippen LogP contribution in [0, 0.1) is 6.92 Å². The lowest BCUT2D eigenvalue weighted by atomic mass is 9.95. The number of nitrogens with zero attached hydrogens (tertiary/aromatic N) is 2. The van der Waals surface area contributed by atoms with Gasteiger partial charge in [0.05, 0.1) is 24.4 Å². The number of hydrogen-bond donors (Lipinski definition) is 1. The first-order valence-corrected chi connectivity index (χ1v) is 12.1. The molecule has 2 aromatic carbocycles. The summed E-state index contributed by atoms with van der Waals surface area (Å²) in [5.74, 6) is -2.12. The van der Waals surface area contributed by atoms with Crippen LogP contribution in [0.3, 0.4) is 0 Å². The fraction of sp³-hybridized carbons (Fsp3) is 0.143. The molecule has 1 atom stereocenters. The molecule has 37 heavy (non-hydrogen) atoms. The summed E-state index contributed by atoms with van der Waals surface area (Å²) in [6, 6.07) is 15.0. The van der Waals surface area contributed by atoms with Gasteiger partial charge in [0.15, 0.2) is 16.7 Å². The van der Waals surface area contributed by atoms with Gasteiger partial charge in [0.25, 0.3) is 5.91 Å². The van der Waals surface area contributed by atoms with Crippen molar-refractivity contribution in [2.75, 3.05) is 18.6 Å². The standard InChI is InChI=1S/C28H24N2O6S/c1-4-15-36-27(34)25-17(2)29-28(37-25)30-23(19-11-8-12-20(16-19)35-3)22(24(32)26(30)33)21(31)14-13-18-9-6-5-7-10-18/h4-14,16,23,32H,1,15H2,2-3H3. The number of hydrogen-bond acceptors (Lipinski definition) is 8. The minimum Gasteiger partial charge on any atom is -0.503 e. The van der Waals surface area contributed by atoms with E-state index in [4.69, 9.17) is 9.47 Å². The van der Waals surface area contributed by atoms with Crippen molar-refractivity contribution in [1.82, 2.24) is 4.98 Å². The molecule has 9 heteroatoms. The summed E-state index contributed by atoms with van der Waals surface area (Å²) in [6.07, 6.45) is 4.37. The number of rotatable bonds is 9. The van der Waals surface area contributed by atoms with Crippen LogP contribution in [0.2, 0.25) is 0 Å². The number of ketones is 1. The summed E-state index contributed by atoms with van der Waals surface area (Å²) < 4.78 is 10.5. The van der Waals surface area contributed by atoms with E-state index < -0.39 is 29.5 Å². The Morgan fingerprint density at radius 1 is 1.19 bits per heavy atom. The number of aliphatic hydroxyl groups is 1. The van der Waals surface area contributed by atoms with Gasteiger partial charge in [-0.15, -0.1) is 0 Å². The largest absolute Gasteiger partial charge is 0.503 e. The predicted octanol–water partition coefficient (Wildman–Crippen LogP) is 4.99. The lowest BCUT2D eigenvalue weighted by Gasteiger charge is -2.24. The molecule has 0 saturated heterocycles. The molecule has 0 spiro atoms. The monoisotopic (exact) mass is 516 g/mol. The van der Waals surface area contributed by atoms with Crippen LogP contribution in [0.4, 0.5) is 5.13 Å². The fourth-order valence-corrected chi connectivity index (χ4v) is 4.87. The van der Waals surface area contributed by atoms with Crippen molar-refractivity contribution in [3.05, 3.63) is 106 Å². The highest BCUT2D eigenvalue weighted by Crippen LogP contribution is 2.43. The Morgan fingerprint density at radius 3 is 2.65 bits per heavy atom. The third-order valence-electron chi connectivity index (χ3n) is 5.62. The van der Waals surface area contributed by atoms with Gasteiger partial charge in [-0.2, -0.15) is 0 Å². The summed E-state index contributed by atoms with van der Waals surface area (Å²) in [4.78, 5) is 45.0. The number of benzene rings is 2. The molecule has 1 aromatic heterocycles. The minimum absolute atomic E-state index is 0.0231. The first-order valence-electron chi connectivity index (χ1n) is 11.3. The number of allylic oxidation sites excluding steroid dienone is 1. The maximum absolute atomic E-state index is 13.4. The molecule has 0 fully saturated rings. The number of amides is 1. The Hall–Kier alpha value is -4.50. The molecule has 4 rings (SSSR count). The number of methoxy groups -OCH3 is 1. The second kappa shape index (κ2) is 11.0. The minimum atomic E-state index is -1.00. The van der Waals surface area contributed by atoms with Crippen LogP contribution in [-0.2, 0) is 14.3 Å². The Morgan fingerprint density at radius 2 is 1.95 bits per heavy atom. The van der Waals surface area contributed by atoms with Crippen LogP contribution in [0.5, 0.6) is 5.75 Å². The first-order chi connectivity index (χ1) is 17.8. The number of aromatic nitrogens is 1. The Bertz CT molecular complexity index is 1420. The van der Waals surface area contributed by atoms with Crippen molar-refractivity contribution in [3.63, 3.8) is 0 Å². The van der Waals surface area contributed by atoms with Gasteiger partial charge in [-0.25, -0.2) is 9.78 Å². The highest BCUT2D eigenvalue weighted by molar-refractivity contribution is 7.17. The SMILES string of the molecule is C=CCOC(=O)c1sc(N2C(=O)C(O)=C(C(=O)C=Cc3ccccc3)C2c2cccc(OC)c2)nc1C. The van der Waals surface area contributed by atoms with Gasteiger partial charge in [0.2, 0.25) is 0 Å². The Labute approximate surface area is 217 Å². The second-order valence-electron chi connectivity index (χ2n) is 8.02. The number of ether oxygens (including phenoxy) is 2. The molecule has 1 N–H and O–H groups in total. The van der Waals surface area contributed by atoms with Crippen LogP contribution in [-0.4, -0.2) is 41.5 Å². The highest BCUT2D eigenvalue weighted by Gasteiger charge is 2.45. The molecule has 188 valence electrons. The van der Waals surface area contributed by atoms with E-state index in [-0.39, 0.29) is 22.2 Å². The van der Waals surface area contributed by atoms with Gasteiger partial charge < -0.3 is 14.6 Å². The zero-order valence-corrected chi connectivity index (χ0v) is 21.0. The van der Waals surface area contributed by atoms with Crippen molar-refractivity contribution < 1.29 is 29.0 Å². The smallest absolute Gasteiger partial charge is 0.350 e. The van der Waals surface area contributed by atoms with Crippen LogP contribution in [0.25, 0.3) is 6.08 Å². The molecule has 2 heterocycles. The second-order valence-corrected chi connectivity index (χ2v) is 9.00. The van der Waals surface area contributed by atoms with Crippen LogP contribution < -0.4 is 9.64 Å². The van der Waals surface area contributed by atoms with E-state index in [2.05, 4.69) is 11.6 Å². The summed E-state index contributed by atoms with van der Waals surface area (Å²) in [7, 11) is 1.50. The van der Waals surface area contributed by atoms with E-state index >= 15 is 0 Å². The zero-order valence-electron chi connectivity index (χ0n) is 20.2. The van der Waals surface area contributed by atoms with E-state index in [1.54, 1.807) is 37.3 Å². The van der Waals surface area contributed by atoms with E-state index in [1.165, 1.54) is 24.2 Å². The molecule has 1 amide bonds. The van der Waals surface area contributed by atoms with Gasteiger partial charge >= 0.3 is 5.97 Å². The van der Waals surface area contributed by atoms with E-state index in [0.29, 0.717) is 17.0 Å². The van der Waals surface area contributed by atoms with Gasteiger partial charge in [-0.05, 0) is 36.3 Å². The number of aryl methyl sites for hydroxylation is 1. The molecule has 8 nitrogen and oxygen atoms in total. The highest BCUT2D eigenvalue weighted by atomic mass is 32.1. The predicted molar refractivity (Wildman–Crippen MR) is 141 cm³/mol. The Balaban J connectivity index is 1.79. The lowest BCUT2D eigenvalue weighted by Crippen LogP contribution is -2.30. The molecule has 3 aromatic rings. The first kappa shape index (κ1) is 25.6. The summed E-state index contributed by atoms with van der Waals surface area (Å²) in [6.45, 7) is 5.17. The van der Waals surface area contributed by atoms with Crippen molar-refractivity contribution in [2.24, 2.45) is 0 Å². The maximum atomic E-state index is 13.4. The van der Waals surface area contributed by atoms with Gasteiger partial charge in [0.1, 0.15) is 17.2 Å². The molecular weight excluding hydrogens is 492 g/mol. The normalized spacial score (nSPS) is 15.4. The summed E-state index contributed by atoms with van der Waals surface area (Å²) in [5.41, 5.74) is 1.56. The molecular formula is C28H24N2O6S. The molecule has 1 aliphatic rings. The molecule has 0 aliphatic carbocycles. The van der Waals surface area contributed by atoms with Crippen LogP contribution >= 0.6 is 11.3 Å². The number of esters is 1. The van der Waals surface area contributed by atoms with Crippen molar-refractivity contribution >= 4 is 40.2 Å². The van der Waals surface area contributed by atoms with Crippen LogP contribution in [0.15, 0.2) is 84.7 Å². The van der Waals surface area contributed by atoms with E-state index in [0.717, 1.165) is 16.9 Å². The lowest BCUT2D eigenvalue weighted by molar-refractivity contribution is -0.117. The van der Waals surface area contributed by atoms with Gasteiger partial charge in [0, 0.05) is 0 Å². The van der Waals surface area contributed by atoms with Crippen molar-refractivity contribution in [3.8, 4) is 5.75 Å². The Kier molecular flexibility index (Phi) is 7.64. The van der Waals surface area contributed by atoms with Crippen LogP contribution in [0.1, 0.15) is 32.5 Å². The zero-order chi connectivity index (χ0) is 26.5. The molecule has 0 bridgehead atoms. The van der Waals surface area contributed by atoms with Gasteiger partial charge in [-0.1, -0.05) is 72.5 Å². The molecule has 1 unspecified atom stereocenters. The average Bonchev–Trinajstić information content (AvgIpc) is 3.43. The van der Waals surface area contributed by atoms with Crippen molar-refractivity contribution in [2.45, 2.75) is 13.0 Å². The summed E-state index contributed by atoms with van der Waals surface area (Å²) >= 11 is 0.940. The number of carbonyl (C=O) groups excluding carboxylic acids is 3. The van der Waals surface area contributed by atoms with Crippen molar-refractivity contribution in [1.29, 1.82) is 0 Å². The van der Waals surface area contributed by atoms with Gasteiger partial charge in [-0.3, -0.25) is 14.5 Å². The number of carbonyl (C=O) groups is 3. The number of anilines is 1.